The summed E-state index contributed by atoms with van der Waals surface area (Å²) in [6.07, 6.45) is 3.87. The number of para-hydroxylation sites is 1. The number of hydrogen-bond donors (Lipinski definition) is 2. The molecule has 1 aliphatic heterocycles. The molecule has 3 rings (SSSR count). The third-order valence-corrected chi connectivity index (χ3v) is 4.47. The monoisotopic (exact) mass is 343 g/mol. The van der Waals surface area contributed by atoms with Gasteiger partial charge in [0, 0.05) is 19.3 Å². The summed E-state index contributed by atoms with van der Waals surface area (Å²) in [5.74, 6) is 0.990. The van der Waals surface area contributed by atoms with E-state index in [2.05, 4.69) is 43.8 Å². The lowest BCUT2D eigenvalue weighted by molar-refractivity contribution is 0.439. The van der Waals surface area contributed by atoms with Crippen LogP contribution in [0.1, 0.15) is 25.6 Å². The highest BCUT2D eigenvalue weighted by Crippen LogP contribution is 2.36. The van der Waals surface area contributed by atoms with Crippen molar-refractivity contribution in [3.05, 3.63) is 35.2 Å². The standard InChI is InChI=1S/C16H18ClN7/c1-11-5-7-24(8-6-11)15-13(17)3-2-4-14(15)19-10-12(9-18)16-20-22-23-21-16/h2-4,10-11,19H,5-8H2,1H3,(H,20,21,22,23). The van der Waals surface area contributed by atoms with Gasteiger partial charge < -0.3 is 10.2 Å². The molecule has 1 aliphatic rings. The van der Waals surface area contributed by atoms with Gasteiger partial charge in [-0.05, 0) is 36.1 Å². The molecular formula is C16H18ClN7. The molecule has 1 aromatic heterocycles. The number of nitriles is 1. The molecule has 0 saturated carbocycles. The highest BCUT2D eigenvalue weighted by molar-refractivity contribution is 6.34. The Morgan fingerprint density at radius 2 is 2.25 bits per heavy atom. The Labute approximate surface area is 145 Å². The van der Waals surface area contributed by atoms with Crippen LogP contribution in [0.2, 0.25) is 5.02 Å². The van der Waals surface area contributed by atoms with Crippen LogP contribution in [0.5, 0.6) is 0 Å². The Kier molecular flexibility index (Phi) is 4.96. The zero-order chi connectivity index (χ0) is 16.9. The minimum Gasteiger partial charge on any atom is -0.369 e. The molecule has 2 N–H and O–H groups in total. The molecule has 2 aromatic rings. The summed E-state index contributed by atoms with van der Waals surface area (Å²) in [4.78, 5) is 2.29. The number of rotatable bonds is 4. The number of halogens is 1. The quantitative estimate of drug-likeness (QED) is 0.829. The van der Waals surface area contributed by atoms with E-state index in [1.54, 1.807) is 6.20 Å². The van der Waals surface area contributed by atoms with Gasteiger partial charge in [0.25, 0.3) is 0 Å². The molecule has 0 amide bonds. The van der Waals surface area contributed by atoms with Crippen LogP contribution in [0, 0.1) is 17.2 Å². The molecule has 124 valence electrons. The molecule has 0 radical (unpaired) electrons. The van der Waals surface area contributed by atoms with Gasteiger partial charge in [0.1, 0.15) is 11.6 Å². The maximum absolute atomic E-state index is 9.26. The largest absolute Gasteiger partial charge is 0.369 e. The summed E-state index contributed by atoms with van der Waals surface area (Å²) < 4.78 is 0. The molecule has 1 saturated heterocycles. The lowest BCUT2D eigenvalue weighted by Crippen LogP contribution is -2.33. The number of hydrogen-bond acceptors (Lipinski definition) is 6. The van der Waals surface area contributed by atoms with Crippen molar-refractivity contribution in [3.63, 3.8) is 0 Å². The summed E-state index contributed by atoms with van der Waals surface area (Å²) >= 11 is 6.44. The van der Waals surface area contributed by atoms with E-state index in [4.69, 9.17) is 11.6 Å². The predicted octanol–water partition coefficient (Wildman–Crippen LogP) is 3.07. The molecule has 0 aliphatic carbocycles. The Bertz CT molecular complexity index is 755. The minimum atomic E-state index is 0.250. The Morgan fingerprint density at radius 1 is 1.46 bits per heavy atom. The molecule has 1 aromatic carbocycles. The first-order valence-electron chi connectivity index (χ1n) is 7.83. The Hall–Kier alpha value is -2.59. The van der Waals surface area contributed by atoms with Gasteiger partial charge in [-0.2, -0.15) is 10.5 Å². The first-order valence-corrected chi connectivity index (χ1v) is 8.21. The van der Waals surface area contributed by atoms with Crippen molar-refractivity contribution in [1.82, 2.24) is 20.6 Å². The van der Waals surface area contributed by atoms with Crippen LogP contribution in [0.4, 0.5) is 11.4 Å². The van der Waals surface area contributed by atoms with E-state index in [0.717, 1.165) is 43.2 Å². The lowest BCUT2D eigenvalue weighted by Gasteiger charge is -2.34. The van der Waals surface area contributed by atoms with Gasteiger partial charge in [0.05, 0.1) is 16.4 Å². The SMILES string of the molecule is CC1CCN(c2c(Cl)cccc2NC=C(C#N)c2nn[nH]n2)CC1. The maximum Gasteiger partial charge on any atom is 0.216 e. The molecule has 8 heteroatoms. The number of H-pyrrole nitrogens is 1. The van der Waals surface area contributed by atoms with Crippen LogP contribution in [0.3, 0.4) is 0 Å². The fourth-order valence-electron chi connectivity index (χ4n) is 2.76. The Morgan fingerprint density at radius 3 is 2.92 bits per heavy atom. The van der Waals surface area contributed by atoms with Crippen LogP contribution in [-0.4, -0.2) is 33.7 Å². The van der Waals surface area contributed by atoms with Crippen molar-refractivity contribution < 1.29 is 0 Å². The van der Waals surface area contributed by atoms with E-state index < -0.39 is 0 Å². The molecule has 0 spiro atoms. The van der Waals surface area contributed by atoms with Crippen molar-refractivity contribution in [2.75, 3.05) is 23.3 Å². The van der Waals surface area contributed by atoms with Crippen molar-refractivity contribution >= 4 is 28.5 Å². The molecule has 24 heavy (non-hydrogen) atoms. The van der Waals surface area contributed by atoms with Gasteiger partial charge in [0.15, 0.2) is 0 Å². The van der Waals surface area contributed by atoms with Crippen molar-refractivity contribution in [1.29, 1.82) is 5.26 Å². The molecule has 0 atom stereocenters. The summed E-state index contributed by atoms with van der Waals surface area (Å²) in [6, 6.07) is 7.77. The summed E-state index contributed by atoms with van der Waals surface area (Å²) in [5.41, 5.74) is 2.11. The minimum absolute atomic E-state index is 0.250. The van der Waals surface area contributed by atoms with Crippen LogP contribution < -0.4 is 10.2 Å². The number of aromatic amines is 1. The van der Waals surface area contributed by atoms with E-state index >= 15 is 0 Å². The fraction of sp³-hybridized carbons (Fsp3) is 0.375. The predicted molar refractivity (Wildman–Crippen MR) is 93.5 cm³/mol. The van der Waals surface area contributed by atoms with Crippen LogP contribution >= 0.6 is 11.6 Å². The number of benzene rings is 1. The molecule has 7 nitrogen and oxygen atoms in total. The smallest absolute Gasteiger partial charge is 0.216 e. The van der Waals surface area contributed by atoms with Crippen molar-refractivity contribution in [2.45, 2.75) is 19.8 Å². The van der Waals surface area contributed by atoms with Gasteiger partial charge in [-0.15, -0.1) is 10.2 Å². The van der Waals surface area contributed by atoms with Gasteiger partial charge >= 0.3 is 0 Å². The Balaban J connectivity index is 1.86. The zero-order valence-electron chi connectivity index (χ0n) is 13.3. The van der Waals surface area contributed by atoms with Gasteiger partial charge in [-0.25, -0.2) is 0 Å². The number of nitrogens with one attached hydrogen (secondary N) is 2. The van der Waals surface area contributed by atoms with E-state index in [1.165, 1.54) is 0 Å². The average Bonchev–Trinajstić information content (AvgIpc) is 3.11. The van der Waals surface area contributed by atoms with Crippen LogP contribution in [0.25, 0.3) is 5.57 Å². The number of aromatic nitrogens is 4. The molecule has 1 fully saturated rings. The second kappa shape index (κ2) is 7.32. The zero-order valence-corrected chi connectivity index (χ0v) is 14.1. The second-order valence-corrected chi connectivity index (χ2v) is 6.26. The molecule has 2 heterocycles. The number of piperidine rings is 1. The number of anilines is 2. The van der Waals surface area contributed by atoms with Crippen LogP contribution in [-0.2, 0) is 0 Å². The second-order valence-electron chi connectivity index (χ2n) is 5.86. The van der Waals surface area contributed by atoms with Crippen molar-refractivity contribution in [2.24, 2.45) is 5.92 Å². The van der Waals surface area contributed by atoms with Gasteiger partial charge in [0.2, 0.25) is 5.82 Å². The van der Waals surface area contributed by atoms with Gasteiger partial charge in [-0.3, -0.25) is 0 Å². The number of tetrazole rings is 1. The number of nitrogens with zero attached hydrogens (tertiary/aromatic N) is 5. The molecule has 0 bridgehead atoms. The highest BCUT2D eigenvalue weighted by atomic mass is 35.5. The molecule has 0 unspecified atom stereocenters. The van der Waals surface area contributed by atoms with E-state index in [0.29, 0.717) is 10.6 Å². The molecular weight excluding hydrogens is 326 g/mol. The number of allylic oxidation sites excluding steroid dienone is 1. The first-order chi connectivity index (χ1) is 11.7. The van der Waals surface area contributed by atoms with E-state index in [-0.39, 0.29) is 5.82 Å². The van der Waals surface area contributed by atoms with E-state index in [1.807, 2.05) is 18.2 Å². The van der Waals surface area contributed by atoms with Gasteiger partial charge in [-0.1, -0.05) is 24.6 Å². The van der Waals surface area contributed by atoms with E-state index in [9.17, 15) is 5.26 Å². The highest BCUT2D eigenvalue weighted by Gasteiger charge is 2.20. The van der Waals surface area contributed by atoms with Crippen LogP contribution in [0.15, 0.2) is 24.4 Å². The normalized spacial score (nSPS) is 16.0. The van der Waals surface area contributed by atoms with Crippen molar-refractivity contribution in [3.8, 4) is 6.07 Å². The summed E-state index contributed by atoms with van der Waals surface area (Å²) in [5, 5.41) is 26.6. The average molecular weight is 344 g/mol. The third-order valence-electron chi connectivity index (χ3n) is 4.17. The lowest BCUT2D eigenvalue weighted by atomic mass is 9.98. The topological polar surface area (TPSA) is 93.5 Å². The fourth-order valence-corrected chi connectivity index (χ4v) is 3.05. The summed E-state index contributed by atoms with van der Waals surface area (Å²) in [7, 11) is 0. The first kappa shape index (κ1) is 16.3. The third kappa shape index (κ3) is 3.49. The maximum atomic E-state index is 9.26. The summed E-state index contributed by atoms with van der Waals surface area (Å²) in [6.45, 7) is 4.22.